The number of rotatable bonds is 6. The maximum Gasteiger partial charge on any atom is 0.255 e. The van der Waals surface area contributed by atoms with Gasteiger partial charge in [-0.15, -0.1) is 0 Å². The molecule has 1 amide bonds. The molecular weight excluding hydrogens is 380 g/mol. The molecule has 0 aromatic heterocycles. The Morgan fingerprint density at radius 2 is 1.93 bits per heavy atom. The second-order valence-electron chi connectivity index (χ2n) is 6.79. The number of benzene rings is 2. The molecule has 0 saturated heterocycles. The molecule has 0 saturated carbocycles. The molecule has 1 aliphatic heterocycles. The Hall–Kier alpha value is -2.58. The van der Waals surface area contributed by atoms with Gasteiger partial charge in [0.05, 0.1) is 17.2 Å². The zero-order valence-corrected chi connectivity index (χ0v) is 17.2. The van der Waals surface area contributed by atoms with Crippen LogP contribution in [0.25, 0.3) is 0 Å². The van der Waals surface area contributed by atoms with Gasteiger partial charge in [0.25, 0.3) is 5.91 Å². The van der Waals surface area contributed by atoms with Crippen molar-refractivity contribution in [3.63, 3.8) is 0 Å². The van der Waals surface area contributed by atoms with Crippen molar-refractivity contribution in [1.82, 2.24) is 4.31 Å². The lowest BCUT2D eigenvalue weighted by Gasteiger charge is -2.14. The molecule has 150 valence electrons. The minimum absolute atomic E-state index is 0.0848. The smallest absolute Gasteiger partial charge is 0.255 e. The highest BCUT2D eigenvalue weighted by molar-refractivity contribution is 7.89. The van der Waals surface area contributed by atoms with Crippen LogP contribution in [-0.4, -0.2) is 45.4 Å². The Labute approximate surface area is 165 Å². The highest BCUT2D eigenvalue weighted by Gasteiger charge is 2.23. The molecule has 8 heteroatoms. The summed E-state index contributed by atoms with van der Waals surface area (Å²) in [5, 5.41) is 2.83. The zero-order valence-electron chi connectivity index (χ0n) is 16.4. The van der Waals surface area contributed by atoms with Gasteiger partial charge in [-0.05, 0) is 44.2 Å². The Balaban J connectivity index is 1.84. The second-order valence-corrected chi connectivity index (χ2v) is 8.94. The van der Waals surface area contributed by atoms with Gasteiger partial charge in [-0.3, -0.25) is 4.79 Å². The summed E-state index contributed by atoms with van der Waals surface area (Å²) in [4.78, 5) is 12.8. The first-order chi connectivity index (χ1) is 13.2. The molecule has 2 aromatic rings. The van der Waals surface area contributed by atoms with Gasteiger partial charge in [0.2, 0.25) is 10.0 Å². The van der Waals surface area contributed by atoms with Crippen molar-refractivity contribution in [1.29, 1.82) is 0 Å². The monoisotopic (exact) mass is 404 g/mol. The number of carbonyl (C=O) groups excluding carboxylic acids is 1. The van der Waals surface area contributed by atoms with Gasteiger partial charge in [-0.25, -0.2) is 12.7 Å². The third-order valence-electron chi connectivity index (χ3n) is 4.44. The molecule has 0 unspecified atom stereocenters. The second kappa shape index (κ2) is 7.81. The summed E-state index contributed by atoms with van der Waals surface area (Å²) in [5.41, 5.74) is 1.91. The Morgan fingerprint density at radius 3 is 2.54 bits per heavy atom. The fraction of sp³-hybridized carbons (Fsp3) is 0.350. The summed E-state index contributed by atoms with van der Waals surface area (Å²) in [5.74, 6) is 0.957. The molecule has 1 atom stereocenters. The number of hydrogen-bond acceptors (Lipinski definition) is 5. The standard InChI is InChI=1S/C20H24N2O5S/c1-5-26-19-11-15-10-13(2)27-18(15)12-17(19)21-20(23)14-6-8-16(9-7-14)28(24,25)22(3)4/h6-9,11-13H,5,10H2,1-4H3,(H,21,23)/t13-/m1/s1. The number of nitrogens with one attached hydrogen (secondary N) is 1. The van der Waals surface area contributed by atoms with Crippen molar-refractivity contribution in [2.45, 2.75) is 31.3 Å². The number of anilines is 1. The zero-order chi connectivity index (χ0) is 20.5. The summed E-state index contributed by atoms with van der Waals surface area (Å²) >= 11 is 0. The minimum atomic E-state index is -3.54. The predicted octanol–water partition coefficient (Wildman–Crippen LogP) is 2.91. The molecule has 0 spiro atoms. The van der Waals surface area contributed by atoms with Gasteiger partial charge in [-0.1, -0.05) is 0 Å². The summed E-state index contributed by atoms with van der Waals surface area (Å²) in [6, 6.07) is 9.47. The molecule has 1 N–H and O–H groups in total. The first-order valence-corrected chi connectivity index (χ1v) is 10.5. The highest BCUT2D eigenvalue weighted by atomic mass is 32.2. The topological polar surface area (TPSA) is 84.9 Å². The third kappa shape index (κ3) is 3.98. The van der Waals surface area contributed by atoms with Crippen LogP contribution in [0.3, 0.4) is 0 Å². The first-order valence-electron chi connectivity index (χ1n) is 9.02. The van der Waals surface area contributed by atoms with Crippen LogP contribution in [0.2, 0.25) is 0 Å². The van der Waals surface area contributed by atoms with Crippen LogP contribution in [-0.2, 0) is 16.4 Å². The van der Waals surface area contributed by atoms with Gasteiger partial charge in [0.15, 0.2) is 0 Å². The first kappa shape index (κ1) is 20.2. The molecule has 28 heavy (non-hydrogen) atoms. The van der Waals surface area contributed by atoms with E-state index < -0.39 is 10.0 Å². The quantitative estimate of drug-likeness (QED) is 0.800. The summed E-state index contributed by atoms with van der Waals surface area (Å²) in [7, 11) is -0.619. The van der Waals surface area contributed by atoms with Crippen molar-refractivity contribution in [2.24, 2.45) is 0 Å². The van der Waals surface area contributed by atoms with Crippen molar-refractivity contribution < 1.29 is 22.7 Å². The normalized spacial score (nSPS) is 15.8. The molecule has 0 radical (unpaired) electrons. The van der Waals surface area contributed by atoms with Crippen molar-refractivity contribution in [3.8, 4) is 11.5 Å². The molecule has 2 aromatic carbocycles. The van der Waals surface area contributed by atoms with E-state index >= 15 is 0 Å². The third-order valence-corrected chi connectivity index (χ3v) is 6.27. The van der Waals surface area contributed by atoms with Crippen LogP contribution >= 0.6 is 0 Å². The molecule has 1 heterocycles. The lowest BCUT2D eigenvalue weighted by Crippen LogP contribution is -2.22. The predicted molar refractivity (Wildman–Crippen MR) is 107 cm³/mol. The van der Waals surface area contributed by atoms with Gasteiger partial charge in [0.1, 0.15) is 17.6 Å². The Bertz CT molecular complexity index is 984. The Kier molecular flexibility index (Phi) is 5.62. The average molecular weight is 404 g/mol. The van der Waals surface area contributed by atoms with E-state index in [2.05, 4.69) is 5.32 Å². The highest BCUT2D eigenvalue weighted by Crippen LogP contribution is 2.38. The summed E-state index contributed by atoms with van der Waals surface area (Å²) < 4.78 is 36.9. The molecule has 0 bridgehead atoms. The van der Waals surface area contributed by atoms with Crippen LogP contribution in [0.5, 0.6) is 11.5 Å². The summed E-state index contributed by atoms with van der Waals surface area (Å²) in [6.07, 6.45) is 0.882. The van der Waals surface area contributed by atoms with E-state index in [1.807, 2.05) is 19.9 Å². The average Bonchev–Trinajstić information content (AvgIpc) is 3.01. The number of ether oxygens (including phenoxy) is 2. The van der Waals surface area contributed by atoms with E-state index in [1.165, 1.54) is 38.4 Å². The fourth-order valence-electron chi connectivity index (χ4n) is 3.00. The van der Waals surface area contributed by atoms with E-state index in [9.17, 15) is 13.2 Å². The van der Waals surface area contributed by atoms with E-state index in [0.717, 1.165) is 22.0 Å². The molecule has 3 rings (SSSR count). The van der Waals surface area contributed by atoms with E-state index in [1.54, 1.807) is 6.07 Å². The Morgan fingerprint density at radius 1 is 1.25 bits per heavy atom. The maximum absolute atomic E-state index is 12.7. The minimum Gasteiger partial charge on any atom is -0.492 e. The van der Waals surface area contributed by atoms with Gasteiger partial charge in [-0.2, -0.15) is 0 Å². The largest absolute Gasteiger partial charge is 0.492 e. The lowest BCUT2D eigenvalue weighted by molar-refractivity contribution is 0.102. The van der Waals surface area contributed by atoms with Crippen LogP contribution in [0.4, 0.5) is 5.69 Å². The van der Waals surface area contributed by atoms with Crippen molar-refractivity contribution in [2.75, 3.05) is 26.0 Å². The molecule has 0 fully saturated rings. The van der Waals surface area contributed by atoms with E-state index in [4.69, 9.17) is 9.47 Å². The number of hydrogen-bond donors (Lipinski definition) is 1. The molecule has 7 nitrogen and oxygen atoms in total. The number of fused-ring (bicyclic) bond motifs is 1. The number of sulfonamides is 1. The van der Waals surface area contributed by atoms with Crippen LogP contribution in [0.1, 0.15) is 29.8 Å². The van der Waals surface area contributed by atoms with E-state index in [0.29, 0.717) is 23.6 Å². The van der Waals surface area contributed by atoms with Gasteiger partial charge >= 0.3 is 0 Å². The molecular formula is C20H24N2O5S. The fourth-order valence-corrected chi connectivity index (χ4v) is 3.90. The van der Waals surface area contributed by atoms with Crippen molar-refractivity contribution >= 4 is 21.6 Å². The number of nitrogens with zero attached hydrogens (tertiary/aromatic N) is 1. The van der Waals surface area contributed by atoms with Gasteiger partial charge in [0, 0.05) is 37.7 Å². The van der Waals surface area contributed by atoms with Gasteiger partial charge < -0.3 is 14.8 Å². The lowest BCUT2D eigenvalue weighted by atomic mass is 10.1. The van der Waals surface area contributed by atoms with Crippen LogP contribution in [0.15, 0.2) is 41.3 Å². The number of amides is 1. The van der Waals surface area contributed by atoms with Crippen LogP contribution in [0, 0.1) is 0 Å². The number of carbonyl (C=O) groups is 1. The maximum atomic E-state index is 12.7. The SMILES string of the molecule is CCOc1cc2c(cc1NC(=O)c1ccc(S(=O)(=O)N(C)C)cc1)O[C@H](C)C2. The van der Waals surface area contributed by atoms with Crippen LogP contribution < -0.4 is 14.8 Å². The van der Waals surface area contributed by atoms with E-state index in [-0.39, 0.29) is 16.9 Å². The summed E-state index contributed by atoms with van der Waals surface area (Å²) in [6.45, 7) is 4.33. The van der Waals surface area contributed by atoms with Crippen molar-refractivity contribution in [3.05, 3.63) is 47.5 Å². The molecule has 0 aliphatic carbocycles. The molecule has 1 aliphatic rings.